The number of methoxy groups -OCH3 is 1. The number of pyridine rings is 1. The first-order valence-electron chi connectivity index (χ1n) is 5.53. The van der Waals surface area contributed by atoms with Crippen molar-refractivity contribution in [1.29, 1.82) is 0 Å². The molecular formula is C13H13FN2O2S. The third kappa shape index (κ3) is 3.08. The maximum atomic E-state index is 13.7. The standard InChI is InChI=1S/C13H13FN2O2S/c1-18-13-9(3-2-6-16-13)8-19(17)12-5-4-10(15)7-11(12)14/h2-7H,8,15H2,1H3. The Hall–Kier alpha value is -1.95. The van der Waals surface area contributed by atoms with Gasteiger partial charge in [0.05, 0.1) is 28.6 Å². The van der Waals surface area contributed by atoms with Crippen molar-refractivity contribution in [1.82, 2.24) is 4.98 Å². The van der Waals surface area contributed by atoms with Gasteiger partial charge in [-0.2, -0.15) is 0 Å². The van der Waals surface area contributed by atoms with Gasteiger partial charge in [-0.1, -0.05) is 6.07 Å². The van der Waals surface area contributed by atoms with Crippen LogP contribution in [-0.2, 0) is 16.6 Å². The lowest BCUT2D eigenvalue weighted by molar-refractivity contribution is 0.394. The Bertz CT molecular complexity index is 619. The van der Waals surface area contributed by atoms with Crippen molar-refractivity contribution < 1.29 is 13.3 Å². The molecule has 6 heteroatoms. The Balaban J connectivity index is 2.26. The topological polar surface area (TPSA) is 65.2 Å². The van der Waals surface area contributed by atoms with Crippen LogP contribution in [-0.4, -0.2) is 16.3 Å². The van der Waals surface area contributed by atoms with Crippen LogP contribution in [0.15, 0.2) is 41.4 Å². The van der Waals surface area contributed by atoms with Crippen LogP contribution in [0.25, 0.3) is 0 Å². The van der Waals surface area contributed by atoms with Gasteiger partial charge in [0, 0.05) is 17.4 Å². The summed E-state index contributed by atoms with van der Waals surface area (Å²) in [5.74, 6) is -0.0365. The second-order valence-electron chi connectivity index (χ2n) is 3.85. The Morgan fingerprint density at radius 2 is 2.21 bits per heavy atom. The van der Waals surface area contributed by atoms with Crippen molar-refractivity contribution in [2.45, 2.75) is 10.6 Å². The first-order valence-corrected chi connectivity index (χ1v) is 6.85. The molecule has 1 unspecified atom stereocenters. The second kappa shape index (κ2) is 5.79. The van der Waals surface area contributed by atoms with Crippen molar-refractivity contribution in [3.63, 3.8) is 0 Å². The fourth-order valence-electron chi connectivity index (χ4n) is 1.64. The third-order valence-electron chi connectivity index (χ3n) is 2.53. The summed E-state index contributed by atoms with van der Waals surface area (Å²) in [4.78, 5) is 4.14. The molecule has 0 spiro atoms. The molecule has 0 aliphatic rings. The maximum Gasteiger partial charge on any atom is 0.217 e. The van der Waals surface area contributed by atoms with Crippen LogP contribution in [0.3, 0.4) is 0 Å². The summed E-state index contributed by atoms with van der Waals surface area (Å²) in [6, 6.07) is 7.58. The van der Waals surface area contributed by atoms with Crippen molar-refractivity contribution in [2.24, 2.45) is 0 Å². The van der Waals surface area contributed by atoms with Gasteiger partial charge in [0.25, 0.3) is 0 Å². The van der Waals surface area contributed by atoms with E-state index in [1.165, 1.54) is 19.2 Å². The van der Waals surface area contributed by atoms with Gasteiger partial charge in [0.15, 0.2) is 0 Å². The van der Waals surface area contributed by atoms with Crippen LogP contribution in [0.1, 0.15) is 5.56 Å². The van der Waals surface area contributed by atoms with E-state index in [-0.39, 0.29) is 10.6 Å². The number of halogens is 1. The van der Waals surface area contributed by atoms with E-state index in [2.05, 4.69) is 4.98 Å². The minimum absolute atomic E-state index is 0.125. The molecule has 0 aliphatic heterocycles. The summed E-state index contributed by atoms with van der Waals surface area (Å²) >= 11 is 0. The smallest absolute Gasteiger partial charge is 0.217 e. The van der Waals surface area contributed by atoms with Crippen LogP contribution in [0.4, 0.5) is 10.1 Å². The lowest BCUT2D eigenvalue weighted by Gasteiger charge is -2.07. The first kappa shape index (κ1) is 13.5. The van der Waals surface area contributed by atoms with Crippen LogP contribution < -0.4 is 10.5 Å². The quantitative estimate of drug-likeness (QED) is 0.871. The van der Waals surface area contributed by atoms with Crippen LogP contribution in [0, 0.1) is 5.82 Å². The summed E-state index contributed by atoms with van der Waals surface area (Å²) in [6.07, 6.45) is 1.58. The summed E-state index contributed by atoms with van der Waals surface area (Å²) in [7, 11) is -0.0320. The zero-order chi connectivity index (χ0) is 13.8. The minimum atomic E-state index is -1.52. The van der Waals surface area contributed by atoms with E-state index in [9.17, 15) is 8.60 Å². The van der Waals surface area contributed by atoms with Gasteiger partial charge in [-0.3, -0.25) is 4.21 Å². The van der Waals surface area contributed by atoms with Crippen molar-refractivity contribution in [3.8, 4) is 5.88 Å². The molecule has 19 heavy (non-hydrogen) atoms. The summed E-state index contributed by atoms with van der Waals surface area (Å²) in [6.45, 7) is 0. The van der Waals surface area contributed by atoms with Crippen molar-refractivity contribution in [3.05, 3.63) is 47.9 Å². The number of aromatic nitrogens is 1. The minimum Gasteiger partial charge on any atom is -0.481 e. The Labute approximate surface area is 112 Å². The highest BCUT2D eigenvalue weighted by molar-refractivity contribution is 7.84. The highest BCUT2D eigenvalue weighted by atomic mass is 32.2. The number of hydrogen-bond donors (Lipinski definition) is 1. The van der Waals surface area contributed by atoms with Gasteiger partial charge >= 0.3 is 0 Å². The number of benzene rings is 1. The van der Waals surface area contributed by atoms with Gasteiger partial charge in [0.2, 0.25) is 5.88 Å². The highest BCUT2D eigenvalue weighted by Crippen LogP contribution is 2.21. The molecule has 1 aromatic heterocycles. The Morgan fingerprint density at radius 3 is 2.89 bits per heavy atom. The number of rotatable bonds is 4. The van der Waals surface area contributed by atoms with E-state index in [1.54, 1.807) is 18.3 Å². The molecule has 0 amide bonds. The molecular weight excluding hydrogens is 267 g/mol. The van der Waals surface area contributed by atoms with Crippen molar-refractivity contribution >= 4 is 16.5 Å². The molecule has 0 bridgehead atoms. The molecule has 1 heterocycles. The Morgan fingerprint density at radius 1 is 1.42 bits per heavy atom. The average Bonchev–Trinajstić information content (AvgIpc) is 2.39. The van der Waals surface area contributed by atoms with Crippen LogP contribution >= 0.6 is 0 Å². The number of nitrogen functional groups attached to an aromatic ring is 1. The molecule has 0 saturated carbocycles. The number of anilines is 1. The van der Waals surface area contributed by atoms with E-state index < -0.39 is 16.6 Å². The van der Waals surface area contributed by atoms with Crippen molar-refractivity contribution in [2.75, 3.05) is 12.8 Å². The van der Waals surface area contributed by atoms with E-state index in [0.29, 0.717) is 17.1 Å². The molecule has 1 aromatic carbocycles. The van der Waals surface area contributed by atoms with Gasteiger partial charge in [-0.25, -0.2) is 9.37 Å². The van der Waals surface area contributed by atoms with Crippen LogP contribution in [0.5, 0.6) is 5.88 Å². The summed E-state index contributed by atoms with van der Waals surface area (Å²) in [5.41, 5.74) is 6.43. The van der Waals surface area contributed by atoms with Gasteiger partial charge < -0.3 is 10.5 Å². The molecule has 2 rings (SSSR count). The van der Waals surface area contributed by atoms with Gasteiger partial charge in [-0.15, -0.1) is 0 Å². The van der Waals surface area contributed by atoms with Crippen LogP contribution in [0.2, 0.25) is 0 Å². The summed E-state index contributed by atoms with van der Waals surface area (Å²) < 4.78 is 30.9. The molecule has 0 aliphatic carbocycles. The predicted octanol–water partition coefficient (Wildman–Crippen LogP) is 2.12. The van der Waals surface area contributed by atoms with E-state index in [0.717, 1.165) is 6.07 Å². The molecule has 1 atom stereocenters. The molecule has 2 N–H and O–H groups in total. The molecule has 0 fully saturated rings. The SMILES string of the molecule is COc1ncccc1CS(=O)c1ccc(N)cc1F. The molecule has 2 aromatic rings. The Kier molecular flexibility index (Phi) is 4.11. The van der Waals surface area contributed by atoms with Gasteiger partial charge in [0.1, 0.15) is 5.82 Å². The highest BCUT2D eigenvalue weighted by Gasteiger charge is 2.13. The number of nitrogens with two attached hydrogens (primary N) is 1. The van der Waals surface area contributed by atoms with E-state index in [1.807, 2.05) is 0 Å². The fourth-order valence-corrected chi connectivity index (χ4v) is 2.79. The second-order valence-corrected chi connectivity index (χ2v) is 5.27. The predicted molar refractivity (Wildman–Crippen MR) is 71.7 cm³/mol. The number of hydrogen-bond acceptors (Lipinski definition) is 4. The fraction of sp³-hybridized carbons (Fsp3) is 0.154. The van der Waals surface area contributed by atoms with E-state index >= 15 is 0 Å². The zero-order valence-corrected chi connectivity index (χ0v) is 11.1. The monoisotopic (exact) mass is 280 g/mol. The number of nitrogens with zero attached hydrogens (tertiary/aromatic N) is 1. The zero-order valence-electron chi connectivity index (χ0n) is 10.3. The number of ether oxygens (including phenoxy) is 1. The first-order chi connectivity index (χ1) is 9.11. The summed E-state index contributed by atoms with van der Waals surface area (Å²) in [5, 5.41) is 0. The molecule has 0 radical (unpaired) electrons. The largest absolute Gasteiger partial charge is 0.481 e. The molecule has 4 nitrogen and oxygen atoms in total. The molecule has 100 valence electrons. The molecule has 0 saturated heterocycles. The lowest BCUT2D eigenvalue weighted by atomic mass is 10.3. The van der Waals surface area contributed by atoms with Gasteiger partial charge in [-0.05, 0) is 24.3 Å². The average molecular weight is 280 g/mol. The van der Waals surface area contributed by atoms with E-state index in [4.69, 9.17) is 10.5 Å². The lowest BCUT2D eigenvalue weighted by Crippen LogP contribution is -2.02. The maximum absolute atomic E-state index is 13.7. The third-order valence-corrected chi connectivity index (χ3v) is 3.93. The normalized spacial score (nSPS) is 12.1.